The monoisotopic (exact) mass is 462 g/mol. The van der Waals surface area contributed by atoms with Gasteiger partial charge in [0.1, 0.15) is 0 Å². The van der Waals surface area contributed by atoms with Gasteiger partial charge in [0.15, 0.2) is 0 Å². The van der Waals surface area contributed by atoms with Gasteiger partial charge >= 0.3 is 0 Å². The van der Waals surface area contributed by atoms with Gasteiger partial charge in [0.05, 0.1) is 5.56 Å². The van der Waals surface area contributed by atoms with Gasteiger partial charge in [-0.05, 0) is 42.8 Å². The van der Waals surface area contributed by atoms with Gasteiger partial charge in [-0.25, -0.2) is 0 Å². The number of hydrogen-bond donors (Lipinski definition) is 0. The van der Waals surface area contributed by atoms with Crippen molar-refractivity contribution in [3.63, 3.8) is 0 Å². The Morgan fingerprint density at radius 3 is 2.62 bits per heavy atom. The molecule has 5 rings (SSSR count). The summed E-state index contributed by atoms with van der Waals surface area (Å²) in [5.41, 5.74) is 3.84. The maximum Gasteiger partial charge on any atom is 0.299 e. The number of para-hydroxylation sites is 1. The molecular weight excluding hydrogens is 447 g/mol. The Hall–Kier alpha value is -3.48. The zero-order valence-electron chi connectivity index (χ0n) is 16.9. The van der Waals surface area contributed by atoms with E-state index >= 15 is 0 Å². The lowest BCUT2D eigenvalue weighted by Crippen LogP contribution is -2.07. The number of carbonyl (C=O) groups is 1. The number of hydrogen-bond acceptors (Lipinski definition) is 5. The Morgan fingerprint density at radius 2 is 1.84 bits per heavy atom. The summed E-state index contributed by atoms with van der Waals surface area (Å²) in [6.45, 7) is 2.39. The molecular formula is C24H16Cl2N4O2. The first-order valence-electron chi connectivity index (χ1n) is 9.83. The molecule has 0 aliphatic heterocycles. The van der Waals surface area contributed by atoms with E-state index in [0.29, 0.717) is 28.0 Å². The summed E-state index contributed by atoms with van der Waals surface area (Å²) in [6, 6.07) is 16.6. The average Bonchev–Trinajstić information content (AvgIpc) is 3.40. The minimum absolute atomic E-state index is 0.0626. The quantitative estimate of drug-likeness (QED) is 0.300. The van der Waals surface area contributed by atoms with E-state index in [1.54, 1.807) is 36.7 Å². The first kappa shape index (κ1) is 20.4. The fourth-order valence-corrected chi connectivity index (χ4v) is 4.25. The molecule has 3 aromatic heterocycles. The normalized spacial score (nSPS) is 11.2. The minimum atomic E-state index is -0.326. The maximum absolute atomic E-state index is 13.4. The topological polar surface area (TPSA) is 73.8 Å². The van der Waals surface area contributed by atoms with Crippen LogP contribution in [-0.2, 0) is 6.54 Å². The number of benzene rings is 2. The van der Waals surface area contributed by atoms with Gasteiger partial charge in [0.2, 0.25) is 5.82 Å². The second kappa shape index (κ2) is 8.22. The predicted octanol–water partition coefficient (Wildman–Crippen LogP) is 5.98. The molecule has 0 spiro atoms. The van der Waals surface area contributed by atoms with E-state index in [-0.39, 0.29) is 11.7 Å². The Balaban J connectivity index is 1.58. The van der Waals surface area contributed by atoms with Crippen LogP contribution >= 0.6 is 23.2 Å². The van der Waals surface area contributed by atoms with Crippen LogP contribution in [0, 0.1) is 6.92 Å². The SMILES string of the molecule is Cc1c(C(=O)c2nc(-c3ccncc3)no2)c2ccccc2n1Cc1ccc(Cl)cc1Cl. The highest BCUT2D eigenvalue weighted by Gasteiger charge is 2.26. The molecule has 32 heavy (non-hydrogen) atoms. The van der Waals surface area contributed by atoms with Crippen LogP contribution in [0.25, 0.3) is 22.3 Å². The predicted molar refractivity (Wildman–Crippen MR) is 123 cm³/mol. The van der Waals surface area contributed by atoms with Crippen molar-refractivity contribution in [3.05, 3.63) is 99.7 Å². The summed E-state index contributed by atoms with van der Waals surface area (Å²) < 4.78 is 7.38. The van der Waals surface area contributed by atoms with Gasteiger partial charge in [-0.2, -0.15) is 4.98 Å². The number of aromatic nitrogens is 4. The third kappa shape index (κ3) is 3.57. The molecule has 0 aliphatic rings. The van der Waals surface area contributed by atoms with E-state index in [9.17, 15) is 4.79 Å². The van der Waals surface area contributed by atoms with Gasteiger partial charge in [0, 0.05) is 51.1 Å². The number of ketones is 1. The highest BCUT2D eigenvalue weighted by Crippen LogP contribution is 2.31. The summed E-state index contributed by atoms with van der Waals surface area (Å²) in [4.78, 5) is 21.7. The van der Waals surface area contributed by atoms with Crippen LogP contribution in [0.2, 0.25) is 10.0 Å². The number of nitrogens with zero attached hydrogens (tertiary/aromatic N) is 4. The van der Waals surface area contributed by atoms with Crippen molar-refractivity contribution >= 4 is 39.9 Å². The van der Waals surface area contributed by atoms with Gasteiger partial charge in [-0.1, -0.05) is 52.6 Å². The molecule has 8 heteroatoms. The average molecular weight is 463 g/mol. The lowest BCUT2D eigenvalue weighted by atomic mass is 10.1. The van der Waals surface area contributed by atoms with Gasteiger partial charge in [0.25, 0.3) is 11.7 Å². The Morgan fingerprint density at radius 1 is 1.06 bits per heavy atom. The molecule has 5 aromatic rings. The van der Waals surface area contributed by atoms with E-state index in [1.165, 1.54) is 0 Å². The van der Waals surface area contributed by atoms with E-state index < -0.39 is 0 Å². The summed E-state index contributed by atoms with van der Waals surface area (Å²) in [5.74, 6) is -0.0510. The third-order valence-corrected chi connectivity index (χ3v) is 5.95. The van der Waals surface area contributed by atoms with E-state index in [4.69, 9.17) is 27.7 Å². The Kier molecular flexibility index (Phi) is 5.25. The van der Waals surface area contributed by atoms with Crippen molar-refractivity contribution in [2.45, 2.75) is 13.5 Å². The molecule has 0 amide bonds. The van der Waals surface area contributed by atoms with Gasteiger partial charge < -0.3 is 9.09 Å². The molecule has 3 heterocycles. The summed E-state index contributed by atoms with van der Waals surface area (Å²) in [5, 5.41) is 5.92. The van der Waals surface area contributed by atoms with Gasteiger partial charge in [-0.3, -0.25) is 9.78 Å². The molecule has 0 atom stereocenters. The minimum Gasteiger partial charge on any atom is -0.340 e. The molecule has 2 aromatic carbocycles. The molecule has 0 N–H and O–H groups in total. The standard InChI is InChI=1S/C24H16Cl2N4O2/c1-14-21(22(31)24-28-23(29-32-24)15-8-10-27-11-9-15)18-4-2-3-5-20(18)30(14)13-16-6-7-17(25)12-19(16)26/h2-12H,13H2,1H3. The zero-order chi connectivity index (χ0) is 22.2. The van der Waals surface area contributed by atoms with Crippen molar-refractivity contribution in [1.29, 1.82) is 0 Å². The molecule has 0 saturated heterocycles. The summed E-state index contributed by atoms with van der Waals surface area (Å²) >= 11 is 12.5. The third-order valence-electron chi connectivity index (χ3n) is 5.36. The number of carbonyl (C=O) groups excluding carboxylic acids is 1. The van der Waals surface area contributed by atoms with Crippen LogP contribution in [0.1, 0.15) is 27.5 Å². The molecule has 0 aliphatic carbocycles. The second-order valence-corrected chi connectivity index (χ2v) is 8.13. The smallest absolute Gasteiger partial charge is 0.299 e. The number of rotatable bonds is 5. The van der Waals surface area contributed by atoms with Crippen LogP contribution in [0.4, 0.5) is 0 Å². The first-order valence-corrected chi connectivity index (χ1v) is 10.6. The number of pyridine rings is 1. The molecule has 0 saturated carbocycles. The molecule has 0 radical (unpaired) electrons. The lowest BCUT2D eigenvalue weighted by Gasteiger charge is -2.10. The molecule has 6 nitrogen and oxygen atoms in total. The first-order chi connectivity index (χ1) is 15.5. The van der Waals surface area contributed by atoms with E-state index in [2.05, 4.69) is 19.7 Å². The second-order valence-electron chi connectivity index (χ2n) is 7.29. The fourth-order valence-electron chi connectivity index (χ4n) is 3.78. The van der Waals surface area contributed by atoms with E-state index in [1.807, 2.05) is 37.3 Å². The Labute approximate surface area is 193 Å². The van der Waals surface area contributed by atoms with Crippen molar-refractivity contribution in [1.82, 2.24) is 19.7 Å². The molecule has 0 bridgehead atoms. The van der Waals surface area contributed by atoms with Crippen LogP contribution in [0.3, 0.4) is 0 Å². The highest BCUT2D eigenvalue weighted by atomic mass is 35.5. The molecule has 0 unspecified atom stereocenters. The van der Waals surface area contributed by atoms with Crippen molar-refractivity contribution in [2.24, 2.45) is 0 Å². The largest absolute Gasteiger partial charge is 0.340 e. The van der Waals surface area contributed by atoms with Crippen LogP contribution in [0.5, 0.6) is 0 Å². The summed E-state index contributed by atoms with van der Waals surface area (Å²) in [7, 11) is 0. The van der Waals surface area contributed by atoms with Crippen LogP contribution < -0.4 is 0 Å². The molecule has 158 valence electrons. The van der Waals surface area contributed by atoms with Crippen molar-refractivity contribution < 1.29 is 9.32 Å². The summed E-state index contributed by atoms with van der Waals surface area (Å²) in [6.07, 6.45) is 3.26. The van der Waals surface area contributed by atoms with E-state index in [0.717, 1.165) is 27.7 Å². The molecule has 0 fully saturated rings. The van der Waals surface area contributed by atoms with Crippen molar-refractivity contribution in [3.8, 4) is 11.4 Å². The van der Waals surface area contributed by atoms with Crippen LogP contribution in [-0.4, -0.2) is 25.5 Å². The highest BCUT2D eigenvalue weighted by molar-refractivity contribution is 6.35. The number of fused-ring (bicyclic) bond motifs is 1. The number of halogens is 2. The van der Waals surface area contributed by atoms with Crippen molar-refractivity contribution in [2.75, 3.05) is 0 Å². The Bertz CT molecular complexity index is 1460. The zero-order valence-corrected chi connectivity index (χ0v) is 18.4. The maximum atomic E-state index is 13.4. The van der Waals surface area contributed by atoms with Gasteiger partial charge in [-0.15, -0.1) is 0 Å². The van der Waals surface area contributed by atoms with Crippen LogP contribution in [0.15, 0.2) is 71.5 Å². The fraction of sp³-hybridized carbons (Fsp3) is 0.0833. The lowest BCUT2D eigenvalue weighted by molar-refractivity contribution is 0.0994.